The van der Waals surface area contributed by atoms with Gasteiger partial charge in [-0.25, -0.2) is 18.6 Å². The van der Waals surface area contributed by atoms with Gasteiger partial charge in [-0.15, -0.1) is 0 Å². The maximum atomic E-state index is 14.8. The second-order valence-electron chi connectivity index (χ2n) is 10.2. The highest BCUT2D eigenvalue weighted by atomic mass is 19.1. The third-order valence-electron chi connectivity index (χ3n) is 6.18. The summed E-state index contributed by atoms with van der Waals surface area (Å²) < 4.78 is 35.9. The van der Waals surface area contributed by atoms with Crippen LogP contribution >= 0.6 is 0 Å². The summed E-state index contributed by atoms with van der Waals surface area (Å²) in [4.78, 5) is 19.7. The first-order valence-electron chi connectivity index (χ1n) is 12.3. The van der Waals surface area contributed by atoms with E-state index in [4.69, 9.17) is 15.5 Å². The highest BCUT2D eigenvalue weighted by Crippen LogP contribution is 2.39. The molecule has 0 saturated heterocycles. The summed E-state index contributed by atoms with van der Waals surface area (Å²) in [6, 6.07) is 12.1. The van der Waals surface area contributed by atoms with E-state index in [0.717, 1.165) is 23.8 Å². The van der Waals surface area contributed by atoms with Crippen molar-refractivity contribution >= 4 is 6.03 Å². The molecule has 0 saturated carbocycles. The molecular formula is C28H37F2N5O2. The minimum atomic E-state index is -0.571. The summed E-state index contributed by atoms with van der Waals surface area (Å²) in [6.07, 6.45) is 2.23. The lowest BCUT2D eigenvalue weighted by Crippen LogP contribution is -2.48. The Kier molecular flexibility index (Phi) is 9.39. The number of urea groups is 1. The van der Waals surface area contributed by atoms with Crippen LogP contribution in [-0.4, -0.2) is 53.8 Å². The van der Waals surface area contributed by atoms with E-state index in [9.17, 15) is 13.6 Å². The number of hydrogen-bond acceptors (Lipinski definition) is 4. The Balaban J connectivity index is 2.16. The van der Waals surface area contributed by atoms with Gasteiger partial charge in [0.2, 0.25) is 0 Å². The Labute approximate surface area is 217 Å². The molecule has 0 radical (unpaired) electrons. The molecule has 2 atom stereocenters. The zero-order valence-corrected chi connectivity index (χ0v) is 22.2. The van der Waals surface area contributed by atoms with Crippen molar-refractivity contribution in [3.63, 3.8) is 0 Å². The molecule has 1 heterocycles. The molecule has 3 N–H and O–H groups in total. The number of rotatable bonds is 10. The fraction of sp³-hybridized carbons (Fsp3) is 0.429. The van der Waals surface area contributed by atoms with Crippen LogP contribution < -0.4 is 11.1 Å². The average Bonchev–Trinajstić information content (AvgIpc) is 3.25. The van der Waals surface area contributed by atoms with Crippen molar-refractivity contribution in [1.29, 1.82) is 0 Å². The fourth-order valence-electron chi connectivity index (χ4n) is 4.47. The predicted molar refractivity (Wildman–Crippen MR) is 141 cm³/mol. The molecule has 0 spiro atoms. The number of carbonyl (C=O) groups excluding carboxylic acids is 1. The van der Waals surface area contributed by atoms with Crippen LogP contribution in [0, 0.1) is 17.0 Å². The molecule has 0 aliphatic heterocycles. The van der Waals surface area contributed by atoms with Crippen LogP contribution in [0.5, 0.6) is 0 Å². The number of halogens is 2. The highest BCUT2D eigenvalue weighted by molar-refractivity contribution is 5.74. The number of hydrogen-bond donors (Lipinski definition) is 2. The van der Waals surface area contributed by atoms with Crippen molar-refractivity contribution in [1.82, 2.24) is 19.8 Å². The van der Waals surface area contributed by atoms with E-state index >= 15 is 0 Å². The third kappa shape index (κ3) is 7.14. The normalized spacial score (nSPS) is 13.3. The molecule has 200 valence electrons. The Hall–Kier alpha value is -3.30. The van der Waals surface area contributed by atoms with Crippen molar-refractivity contribution in [3.05, 3.63) is 77.8 Å². The van der Waals surface area contributed by atoms with Crippen molar-refractivity contribution in [2.75, 3.05) is 27.3 Å². The topological polar surface area (TPSA) is 85.4 Å². The van der Waals surface area contributed by atoms with Gasteiger partial charge in [-0.1, -0.05) is 51.1 Å². The first kappa shape index (κ1) is 28.3. The third-order valence-corrected chi connectivity index (χ3v) is 6.18. The molecule has 2 aromatic carbocycles. The van der Waals surface area contributed by atoms with E-state index in [1.807, 2.05) is 55.7 Å². The molecule has 3 aromatic rings. The Bertz CT molecular complexity index is 1180. The quantitative estimate of drug-likeness (QED) is 0.401. The number of benzene rings is 2. The summed E-state index contributed by atoms with van der Waals surface area (Å²) in [7, 11) is 3.16. The van der Waals surface area contributed by atoms with Crippen LogP contribution in [0.2, 0.25) is 0 Å². The minimum absolute atomic E-state index is 0.0642. The van der Waals surface area contributed by atoms with Gasteiger partial charge in [-0.3, -0.25) is 0 Å². The van der Waals surface area contributed by atoms with E-state index in [2.05, 4.69) is 5.32 Å². The summed E-state index contributed by atoms with van der Waals surface area (Å²) >= 11 is 0. The Morgan fingerprint density at radius 2 is 1.89 bits per heavy atom. The first-order chi connectivity index (χ1) is 17.5. The molecule has 7 nitrogen and oxygen atoms in total. The van der Waals surface area contributed by atoms with E-state index in [1.165, 1.54) is 0 Å². The number of methoxy groups -OCH3 is 1. The Morgan fingerprint density at radius 3 is 2.51 bits per heavy atom. The van der Waals surface area contributed by atoms with Crippen molar-refractivity contribution in [3.8, 4) is 11.3 Å². The van der Waals surface area contributed by atoms with Gasteiger partial charge in [0.1, 0.15) is 17.5 Å². The second kappa shape index (κ2) is 12.3. The van der Waals surface area contributed by atoms with Crippen LogP contribution in [0.4, 0.5) is 13.6 Å². The van der Waals surface area contributed by atoms with Crippen molar-refractivity contribution in [2.24, 2.45) is 11.1 Å². The van der Waals surface area contributed by atoms with Crippen LogP contribution in [-0.2, 0) is 11.3 Å². The van der Waals surface area contributed by atoms with Gasteiger partial charge >= 0.3 is 6.03 Å². The van der Waals surface area contributed by atoms with Crippen LogP contribution in [0.1, 0.15) is 44.6 Å². The molecule has 2 amide bonds. The maximum absolute atomic E-state index is 14.8. The van der Waals surface area contributed by atoms with E-state index < -0.39 is 23.1 Å². The molecule has 1 aromatic heterocycles. The monoisotopic (exact) mass is 513 g/mol. The van der Waals surface area contributed by atoms with Gasteiger partial charge in [0.05, 0.1) is 18.3 Å². The molecule has 0 fully saturated rings. The average molecular weight is 514 g/mol. The van der Waals surface area contributed by atoms with Crippen LogP contribution in [0.3, 0.4) is 0 Å². The molecule has 0 bridgehead atoms. The number of ether oxygens (including phenoxy) is 1. The van der Waals surface area contributed by atoms with Crippen molar-refractivity contribution < 1.29 is 18.3 Å². The number of nitrogens with zero attached hydrogens (tertiary/aromatic N) is 3. The molecule has 0 aliphatic carbocycles. The van der Waals surface area contributed by atoms with E-state index in [1.54, 1.807) is 25.3 Å². The molecule has 37 heavy (non-hydrogen) atoms. The number of carbonyl (C=O) groups is 1. The molecular weight excluding hydrogens is 476 g/mol. The summed E-state index contributed by atoms with van der Waals surface area (Å²) in [6.45, 7) is 7.23. The number of imidazole rings is 1. The smallest absolute Gasteiger partial charge is 0.317 e. The van der Waals surface area contributed by atoms with Gasteiger partial charge < -0.3 is 25.3 Å². The number of nitrogens with two attached hydrogens (primary N) is 1. The number of nitrogens with one attached hydrogen (secondary N) is 1. The largest absolute Gasteiger partial charge is 0.383 e. The van der Waals surface area contributed by atoms with Crippen LogP contribution in [0.25, 0.3) is 11.3 Å². The zero-order valence-electron chi connectivity index (χ0n) is 22.2. The summed E-state index contributed by atoms with van der Waals surface area (Å²) in [5.41, 5.74) is 7.09. The lowest BCUT2D eigenvalue weighted by molar-refractivity contribution is 0.102. The first-order valence-corrected chi connectivity index (χ1v) is 12.3. The minimum Gasteiger partial charge on any atom is -0.383 e. The number of aromatic nitrogens is 2. The summed E-state index contributed by atoms with van der Waals surface area (Å²) in [5, 5.41) is 2.74. The van der Waals surface area contributed by atoms with Gasteiger partial charge in [-0.2, -0.15) is 0 Å². The summed E-state index contributed by atoms with van der Waals surface area (Å²) in [5.74, 6) is -0.556. The van der Waals surface area contributed by atoms with E-state index in [0.29, 0.717) is 37.6 Å². The molecule has 3 rings (SSSR count). The van der Waals surface area contributed by atoms with Gasteiger partial charge in [0.15, 0.2) is 0 Å². The van der Waals surface area contributed by atoms with Gasteiger partial charge in [-0.05, 0) is 35.6 Å². The fourth-order valence-corrected chi connectivity index (χ4v) is 4.47. The van der Waals surface area contributed by atoms with Gasteiger partial charge in [0, 0.05) is 45.0 Å². The maximum Gasteiger partial charge on any atom is 0.317 e. The standard InChI is InChI=1S/C28H37F2N5O2/c1-28(2,3)25(35(27(36)32-4)14-13-21(31)18-37-5)26-33-24(22-15-20(29)11-12-23(22)30)17-34(26)16-19-9-7-6-8-10-19/h6-12,15,17,21,25H,13-14,16,18,31H2,1-5H3,(H,32,36)/t21?,25-/m0/s1. The lowest BCUT2D eigenvalue weighted by atomic mass is 9.84. The zero-order chi connectivity index (χ0) is 27.2. The van der Waals surface area contributed by atoms with E-state index in [-0.39, 0.29) is 17.6 Å². The van der Waals surface area contributed by atoms with Gasteiger partial charge in [0.25, 0.3) is 0 Å². The van der Waals surface area contributed by atoms with Crippen molar-refractivity contribution in [2.45, 2.75) is 45.8 Å². The number of amides is 2. The SMILES string of the molecule is CNC(=O)N(CCC(N)COC)[C@@H](c1nc(-c2cc(F)ccc2F)cn1Cc1ccccc1)C(C)(C)C. The lowest BCUT2D eigenvalue weighted by Gasteiger charge is -2.40. The second-order valence-corrected chi connectivity index (χ2v) is 10.2. The Morgan fingerprint density at radius 1 is 1.19 bits per heavy atom. The van der Waals surface area contributed by atoms with Crippen LogP contribution in [0.15, 0.2) is 54.7 Å². The molecule has 9 heteroatoms. The molecule has 0 aliphatic rings. The predicted octanol–water partition coefficient (Wildman–Crippen LogP) is 4.97. The highest BCUT2D eigenvalue weighted by Gasteiger charge is 2.38. The molecule has 1 unspecified atom stereocenters.